The summed E-state index contributed by atoms with van der Waals surface area (Å²) < 4.78 is 27.3. The van der Waals surface area contributed by atoms with Gasteiger partial charge in [0, 0.05) is 0 Å². The zero-order chi connectivity index (χ0) is 26.5. The first kappa shape index (κ1) is 27.1. The summed E-state index contributed by atoms with van der Waals surface area (Å²) in [6.45, 7) is 9.13. The highest BCUT2D eigenvalue weighted by atomic mass is 127. The average Bonchev–Trinajstić information content (AvgIpc) is 3.04. The van der Waals surface area contributed by atoms with E-state index in [1.807, 2.05) is 0 Å². The third kappa shape index (κ3) is 5.06. The number of rotatable bonds is 6. The Labute approximate surface area is 218 Å². The van der Waals surface area contributed by atoms with Gasteiger partial charge in [-0.05, 0) is 87.9 Å². The normalized spacial score (nSPS) is 12.1. The van der Waals surface area contributed by atoms with Crippen molar-refractivity contribution in [3.63, 3.8) is 0 Å². The fourth-order valence-electron chi connectivity index (χ4n) is 3.57. The van der Waals surface area contributed by atoms with Gasteiger partial charge in [-0.1, -0.05) is 0 Å². The highest BCUT2D eigenvalue weighted by Crippen LogP contribution is 2.30. The maximum atomic E-state index is 13.9. The number of hydrogen-bond donors (Lipinski definition) is 0. The third-order valence-corrected chi connectivity index (χ3v) is 7.95. The molecule has 0 fully saturated rings. The lowest BCUT2D eigenvalue weighted by molar-refractivity contribution is -0.164. The molecule has 0 atom stereocenters. The van der Waals surface area contributed by atoms with Crippen LogP contribution >= 0.6 is 33.9 Å². The van der Waals surface area contributed by atoms with Gasteiger partial charge in [-0.25, -0.2) is 18.5 Å². The molecule has 11 heteroatoms. The molecular formula is C24H26FIN2O6S. The highest BCUT2D eigenvalue weighted by molar-refractivity contribution is 14.1. The van der Waals surface area contributed by atoms with Crippen molar-refractivity contribution in [2.24, 2.45) is 0 Å². The van der Waals surface area contributed by atoms with Gasteiger partial charge in [0.25, 0.3) is 5.56 Å². The Morgan fingerprint density at radius 2 is 1.77 bits per heavy atom. The molecule has 2 aromatic heterocycles. The molecule has 0 radical (unpaired) electrons. The van der Waals surface area contributed by atoms with Gasteiger partial charge < -0.3 is 9.47 Å². The number of aryl methyl sites for hydroxylation is 1. The summed E-state index contributed by atoms with van der Waals surface area (Å²) in [4.78, 5) is 53.8. The van der Waals surface area contributed by atoms with E-state index in [9.17, 15) is 23.6 Å². The van der Waals surface area contributed by atoms with Crippen molar-refractivity contribution in [3.8, 4) is 5.75 Å². The summed E-state index contributed by atoms with van der Waals surface area (Å²) in [6.07, 6.45) is 0. The number of Topliss-reactive ketones (excluding diaryl/α,β-unsaturated/α-hetero) is 1. The van der Waals surface area contributed by atoms with E-state index in [-0.39, 0.29) is 16.7 Å². The summed E-state index contributed by atoms with van der Waals surface area (Å²) in [6, 6.07) is 3.52. The number of carbonyl (C=O) groups is 2. The smallest absolute Gasteiger partial charge is 0.333 e. The molecule has 2 heterocycles. The molecule has 35 heavy (non-hydrogen) atoms. The summed E-state index contributed by atoms with van der Waals surface area (Å²) in [5.41, 5.74) is -3.42. The molecule has 0 aliphatic heterocycles. The maximum Gasteiger partial charge on any atom is 0.333 e. The zero-order valence-corrected chi connectivity index (χ0v) is 23.4. The van der Waals surface area contributed by atoms with Gasteiger partial charge in [0.2, 0.25) is 0 Å². The minimum absolute atomic E-state index is 0.0420. The average molecular weight is 616 g/mol. The second-order valence-electron chi connectivity index (χ2n) is 9.52. The quantitative estimate of drug-likeness (QED) is 0.234. The number of esters is 1. The van der Waals surface area contributed by atoms with E-state index in [1.54, 1.807) is 27.7 Å². The minimum Gasteiger partial charge on any atom is -0.496 e. The topological polar surface area (TPSA) is 96.6 Å². The van der Waals surface area contributed by atoms with Gasteiger partial charge in [0.15, 0.2) is 5.78 Å². The first-order valence-electron chi connectivity index (χ1n) is 10.6. The van der Waals surface area contributed by atoms with Crippen LogP contribution in [0, 0.1) is 15.6 Å². The van der Waals surface area contributed by atoms with Crippen LogP contribution in [0.1, 0.15) is 50.5 Å². The summed E-state index contributed by atoms with van der Waals surface area (Å²) in [5, 5.41) is 0.231. The largest absolute Gasteiger partial charge is 0.496 e. The van der Waals surface area contributed by atoms with Crippen LogP contribution in [-0.4, -0.2) is 33.6 Å². The molecule has 3 rings (SSSR count). The number of benzene rings is 1. The Morgan fingerprint density at radius 1 is 1.14 bits per heavy atom. The van der Waals surface area contributed by atoms with Crippen molar-refractivity contribution in [3.05, 3.63) is 58.9 Å². The first-order chi connectivity index (χ1) is 16.1. The predicted molar refractivity (Wildman–Crippen MR) is 140 cm³/mol. The highest BCUT2D eigenvalue weighted by Gasteiger charge is 2.38. The van der Waals surface area contributed by atoms with Gasteiger partial charge in [0.1, 0.15) is 27.5 Å². The molecule has 0 amide bonds. The van der Waals surface area contributed by atoms with Crippen LogP contribution < -0.4 is 16.0 Å². The molecule has 8 nitrogen and oxygen atoms in total. The Hall–Kier alpha value is -2.54. The van der Waals surface area contributed by atoms with E-state index in [1.165, 1.54) is 38.4 Å². The number of thiophene rings is 1. The van der Waals surface area contributed by atoms with Crippen LogP contribution in [0.2, 0.25) is 0 Å². The molecule has 0 aliphatic carbocycles. The van der Waals surface area contributed by atoms with E-state index in [0.29, 0.717) is 10.4 Å². The van der Waals surface area contributed by atoms with Crippen LogP contribution in [-0.2, 0) is 21.6 Å². The van der Waals surface area contributed by atoms with E-state index in [4.69, 9.17) is 9.47 Å². The molecular weight excluding hydrogens is 590 g/mol. The summed E-state index contributed by atoms with van der Waals surface area (Å²) in [7, 11) is 1.35. The lowest BCUT2D eigenvalue weighted by atomic mass is 10.0. The van der Waals surface area contributed by atoms with Crippen molar-refractivity contribution in [2.45, 2.75) is 59.2 Å². The molecule has 188 valence electrons. The number of halogens is 2. The van der Waals surface area contributed by atoms with Crippen LogP contribution in [0.3, 0.4) is 0 Å². The van der Waals surface area contributed by atoms with Crippen molar-refractivity contribution in [2.75, 3.05) is 7.11 Å². The monoisotopic (exact) mass is 616 g/mol. The number of ether oxygens (including phenoxy) is 2. The first-order valence-corrected chi connectivity index (χ1v) is 12.5. The van der Waals surface area contributed by atoms with Gasteiger partial charge in [0.05, 0.1) is 27.5 Å². The lowest BCUT2D eigenvalue weighted by Gasteiger charge is -2.30. The maximum absolute atomic E-state index is 13.9. The van der Waals surface area contributed by atoms with Gasteiger partial charge >= 0.3 is 11.7 Å². The number of carbonyl (C=O) groups excluding carboxylic acids is 2. The molecule has 0 unspecified atom stereocenters. The molecule has 0 bridgehead atoms. The predicted octanol–water partition coefficient (Wildman–Crippen LogP) is 4.25. The van der Waals surface area contributed by atoms with Crippen LogP contribution in [0.4, 0.5) is 4.39 Å². The van der Waals surface area contributed by atoms with Crippen molar-refractivity contribution in [1.29, 1.82) is 0 Å². The van der Waals surface area contributed by atoms with Crippen molar-refractivity contribution in [1.82, 2.24) is 9.13 Å². The van der Waals surface area contributed by atoms with Crippen molar-refractivity contribution >= 4 is 55.9 Å². The third-order valence-electron chi connectivity index (χ3n) is 5.38. The SMILES string of the molecule is COc1ccc(F)cc1C(=O)Cn1c(=O)n(C(C)(C)C(=O)OC(C)(C)C)c(=O)c2c(C)c(I)sc21. The van der Waals surface area contributed by atoms with Gasteiger partial charge in [-0.15, -0.1) is 11.3 Å². The molecule has 3 aromatic rings. The Balaban J connectivity index is 2.29. The molecule has 0 N–H and O–H groups in total. The Bertz CT molecular complexity index is 1460. The number of nitrogens with zero attached hydrogens (tertiary/aromatic N) is 2. The van der Waals surface area contributed by atoms with E-state index in [2.05, 4.69) is 22.6 Å². The van der Waals surface area contributed by atoms with E-state index < -0.39 is 46.5 Å². The van der Waals surface area contributed by atoms with E-state index >= 15 is 0 Å². The summed E-state index contributed by atoms with van der Waals surface area (Å²) >= 11 is 3.24. The molecule has 1 aromatic carbocycles. The number of hydrogen-bond acceptors (Lipinski definition) is 7. The molecule has 0 saturated carbocycles. The number of ketones is 1. The van der Waals surface area contributed by atoms with E-state index in [0.717, 1.165) is 24.2 Å². The fourth-order valence-corrected chi connectivity index (χ4v) is 5.49. The molecule has 0 saturated heterocycles. The summed E-state index contributed by atoms with van der Waals surface area (Å²) in [5.74, 6) is -1.84. The second kappa shape index (κ2) is 9.49. The Morgan fingerprint density at radius 3 is 2.34 bits per heavy atom. The van der Waals surface area contributed by atoms with Crippen LogP contribution in [0.15, 0.2) is 27.8 Å². The zero-order valence-electron chi connectivity index (χ0n) is 20.4. The number of methoxy groups -OCH3 is 1. The molecule has 0 aliphatic rings. The lowest BCUT2D eigenvalue weighted by Crippen LogP contribution is -2.54. The standard InChI is InChI=1S/C24H26FIN2O6S/c1-12-17-19(30)28(24(5,6)21(31)34-23(2,3)4)22(32)27(20(17)35-18(12)26)11-15(29)14-10-13(25)8-9-16(14)33-7/h8-10H,11H2,1-7H3. The van der Waals surface area contributed by atoms with Gasteiger partial charge in [-0.2, -0.15) is 0 Å². The number of aromatic nitrogens is 2. The second-order valence-corrected chi connectivity index (χ2v) is 12.3. The fraction of sp³-hybridized carbons (Fsp3) is 0.417. The minimum atomic E-state index is -1.67. The van der Waals surface area contributed by atoms with Crippen molar-refractivity contribution < 1.29 is 23.5 Å². The Kier molecular flexibility index (Phi) is 7.34. The number of fused-ring (bicyclic) bond motifs is 1. The van der Waals surface area contributed by atoms with Crippen LogP contribution in [0.5, 0.6) is 5.75 Å². The molecule has 0 spiro atoms. The van der Waals surface area contributed by atoms with Crippen LogP contribution in [0.25, 0.3) is 10.2 Å². The van der Waals surface area contributed by atoms with Gasteiger partial charge in [-0.3, -0.25) is 14.2 Å².